The smallest absolute Gasteiger partial charge is 0.0808 e. The van der Waals surface area contributed by atoms with Crippen molar-refractivity contribution >= 4 is 13.3 Å². The molecule has 34 heavy (non-hydrogen) atoms. The van der Waals surface area contributed by atoms with Crippen LogP contribution in [-0.2, 0) is 0 Å². The molecule has 4 aliphatic carbocycles. The van der Waals surface area contributed by atoms with E-state index in [9.17, 15) is 0 Å². The number of allylic oxidation sites excluding steroid dienone is 8. The lowest BCUT2D eigenvalue weighted by Crippen LogP contribution is -2.57. The topological polar surface area (TPSA) is 0 Å². The fraction of sp³-hybridized carbons (Fsp3) is 0.576. The molecule has 0 bridgehead atoms. The first-order valence-electron chi connectivity index (χ1n) is 14.6. The van der Waals surface area contributed by atoms with Gasteiger partial charge in [0, 0.05) is 0 Å². The van der Waals surface area contributed by atoms with Crippen molar-refractivity contribution in [2.24, 2.45) is 23.7 Å². The molecule has 0 amide bonds. The summed E-state index contributed by atoms with van der Waals surface area (Å²) in [4.78, 5) is 0. The van der Waals surface area contributed by atoms with Gasteiger partial charge in [-0.15, -0.1) is 0 Å². The van der Waals surface area contributed by atoms with E-state index < -0.39 is 8.07 Å². The van der Waals surface area contributed by atoms with E-state index in [2.05, 4.69) is 85.9 Å². The van der Waals surface area contributed by atoms with Crippen LogP contribution in [0.25, 0.3) is 0 Å². The third-order valence-corrected chi connectivity index (χ3v) is 16.6. The van der Waals surface area contributed by atoms with Crippen molar-refractivity contribution in [2.75, 3.05) is 0 Å². The van der Waals surface area contributed by atoms with Crippen LogP contribution < -0.4 is 5.19 Å². The molecule has 5 rings (SSSR count). The molecule has 1 aromatic carbocycles. The number of hydrogen-bond donors (Lipinski definition) is 0. The molecule has 182 valence electrons. The van der Waals surface area contributed by atoms with Crippen LogP contribution in [-0.4, -0.2) is 8.07 Å². The number of fused-ring (bicyclic) bond motifs is 2. The van der Waals surface area contributed by atoms with E-state index >= 15 is 0 Å². The summed E-state index contributed by atoms with van der Waals surface area (Å²) in [6.07, 6.45) is 35.4. The molecule has 0 aromatic heterocycles. The van der Waals surface area contributed by atoms with Crippen LogP contribution in [0.1, 0.15) is 77.6 Å². The van der Waals surface area contributed by atoms with Crippen molar-refractivity contribution in [3.63, 3.8) is 0 Å². The normalized spacial score (nSPS) is 33.1. The van der Waals surface area contributed by atoms with Gasteiger partial charge in [-0.25, -0.2) is 0 Å². The lowest BCUT2D eigenvalue weighted by molar-refractivity contribution is 0.513. The zero-order valence-electron chi connectivity index (χ0n) is 21.5. The maximum atomic E-state index is 2.63. The highest BCUT2D eigenvalue weighted by Gasteiger charge is 2.57. The Bertz CT molecular complexity index is 846. The van der Waals surface area contributed by atoms with Crippen molar-refractivity contribution in [3.8, 4) is 0 Å². The van der Waals surface area contributed by atoms with E-state index in [1.54, 1.807) is 5.19 Å². The third-order valence-electron chi connectivity index (χ3n) is 9.97. The molecule has 2 saturated carbocycles. The molecule has 0 N–H and O–H groups in total. The highest BCUT2D eigenvalue weighted by Crippen LogP contribution is 2.60. The molecular formula is C33H46Si. The number of rotatable bonds is 11. The summed E-state index contributed by atoms with van der Waals surface area (Å²) in [5, 5.41) is 1.79. The van der Waals surface area contributed by atoms with E-state index in [1.807, 2.05) is 0 Å². The van der Waals surface area contributed by atoms with Gasteiger partial charge < -0.3 is 0 Å². The summed E-state index contributed by atoms with van der Waals surface area (Å²) in [7, 11) is -1.77. The molecule has 6 atom stereocenters. The number of unbranched alkanes of at least 4 members (excludes halogenated alkanes) is 6. The molecule has 2 fully saturated rings. The molecular weight excluding hydrogens is 424 g/mol. The second-order valence-electron chi connectivity index (χ2n) is 11.7. The van der Waals surface area contributed by atoms with Crippen LogP contribution in [0, 0.1) is 23.7 Å². The Labute approximate surface area is 210 Å². The molecule has 1 aromatic rings. The van der Waals surface area contributed by atoms with E-state index in [0.717, 1.165) is 34.8 Å². The Morgan fingerprint density at radius 1 is 0.618 bits per heavy atom. The maximum absolute atomic E-state index is 2.63. The molecule has 6 unspecified atom stereocenters. The lowest BCUT2D eigenvalue weighted by atomic mass is 9.91. The largest absolute Gasteiger partial charge is 0.0940 e. The SMILES string of the molecule is CCCCCCCCC[Si](c1ccccc1)(C1CCC2C=CC=CC21)C1CCC2C=CC=CC21. The van der Waals surface area contributed by atoms with Gasteiger partial charge in [0.25, 0.3) is 0 Å². The summed E-state index contributed by atoms with van der Waals surface area (Å²) in [6.45, 7) is 2.33. The second kappa shape index (κ2) is 11.4. The summed E-state index contributed by atoms with van der Waals surface area (Å²) in [5.74, 6) is 3.14. The zero-order chi connectivity index (χ0) is 23.2. The minimum Gasteiger partial charge on any atom is -0.0808 e. The molecule has 0 nitrogen and oxygen atoms in total. The number of hydrogen-bond acceptors (Lipinski definition) is 0. The molecule has 0 heterocycles. The van der Waals surface area contributed by atoms with Crippen LogP contribution in [0.5, 0.6) is 0 Å². The Morgan fingerprint density at radius 3 is 1.74 bits per heavy atom. The third kappa shape index (κ3) is 4.75. The van der Waals surface area contributed by atoms with Crippen molar-refractivity contribution in [1.29, 1.82) is 0 Å². The predicted molar refractivity (Wildman–Crippen MR) is 151 cm³/mol. The van der Waals surface area contributed by atoms with Crippen molar-refractivity contribution in [1.82, 2.24) is 0 Å². The molecule has 0 spiro atoms. The summed E-state index contributed by atoms with van der Waals surface area (Å²) in [6, 6.07) is 13.6. The fourth-order valence-corrected chi connectivity index (χ4v) is 16.0. The van der Waals surface area contributed by atoms with Crippen LogP contribution >= 0.6 is 0 Å². The van der Waals surface area contributed by atoms with Crippen molar-refractivity contribution in [2.45, 2.75) is 94.7 Å². The van der Waals surface area contributed by atoms with Gasteiger partial charge in [-0.2, -0.15) is 0 Å². The van der Waals surface area contributed by atoms with Crippen LogP contribution in [0.3, 0.4) is 0 Å². The minimum atomic E-state index is -1.77. The Balaban J connectivity index is 1.47. The van der Waals surface area contributed by atoms with Crippen LogP contribution in [0.4, 0.5) is 0 Å². The molecule has 4 aliphatic rings. The van der Waals surface area contributed by atoms with E-state index in [4.69, 9.17) is 0 Å². The highest BCUT2D eigenvalue weighted by molar-refractivity contribution is 6.94. The number of benzene rings is 1. The van der Waals surface area contributed by atoms with E-state index in [0.29, 0.717) is 0 Å². The van der Waals surface area contributed by atoms with Gasteiger partial charge in [-0.3, -0.25) is 0 Å². The van der Waals surface area contributed by atoms with Crippen LogP contribution in [0.15, 0.2) is 78.9 Å². The fourth-order valence-electron chi connectivity index (χ4n) is 8.46. The summed E-state index contributed by atoms with van der Waals surface area (Å²) < 4.78 is 0. The molecule has 1 heteroatoms. The van der Waals surface area contributed by atoms with E-state index in [-0.39, 0.29) is 0 Å². The van der Waals surface area contributed by atoms with Gasteiger partial charge >= 0.3 is 0 Å². The average Bonchev–Trinajstić information content (AvgIpc) is 3.52. The molecule has 0 saturated heterocycles. The first-order valence-corrected chi connectivity index (χ1v) is 17.0. The van der Waals surface area contributed by atoms with Crippen LogP contribution in [0.2, 0.25) is 17.1 Å². The standard InChI is InChI=1S/C33H46Si/c1-2-3-4-5-6-7-15-26-34(29-18-9-8-10-19-29,32-24-22-27-16-11-13-20-30(27)32)33-25-23-28-17-12-14-21-31(28)33/h8-14,16-21,27-28,30-33H,2-7,15,22-26H2,1H3. The zero-order valence-corrected chi connectivity index (χ0v) is 22.5. The highest BCUT2D eigenvalue weighted by atomic mass is 28.3. The summed E-state index contributed by atoms with van der Waals surface area (Å²) in [5.41, 5.74) is 1.81. The summed E-state index contributed by atoms with van der Waals surface area (Å²) >= 11 is 0. The van der Waals surface area contributed by atoms with Gasteiger partial charge in [0.2, 0.25) is 0 Å². The quantitative estimate of drug-likeness (QED) is 0.223. The van der Waals surface area contributed by atoms with Gasteiger partial charge in [-0.1, -0.05) is 155 Å². The first kappa shape index (κ1) is 24.1. The first-order chi connectivity index (χ1) is 16.8. The van der Waals surface area contributed by atoms with Gasteiger partial charge in [0.1, 0.15) is 0 Å². The Hall–Kier alpha value is -1.60. The van der Waals surface area contributed by atoms with Gasteiger partial charge in [0.15, 0.2) is 0 Å². The Kier molecular flexibility index (Phi) is 8.10. The second-order valence-corrected chi connectivity index (χ2v) is 16.3. The monoisotopic (exact) mass is 470 g/mol. The Morgan fingerprint density at radius 2 is 1.15 bits per heavy atom. The van der Waals surface area contributed by atoms with Gasteiger partial charge in [0.05, 0.1) is 8.07 Å². The lowest BCUT2D eigenvalue weighted by Gasteiger charge is -2.48. The van der Waals surface area contributed by atoms with Crippen molar-refractivity contribution < 1.29 is 0 Å². The molecule has 0 aliphatic heterocycles. The van der Waals surface area contributed by atoms with E-state index in [1.165, 1.54) is 76.7 Å². The minimum absolute atomic E-state index is 0.781. The maximum Gasteiger partial charge on any atom is 0.0940 e. The average molecular weight is 471 g/mol. The predicted octanol–water partition coefficient (Wildman–Crippen LogP) is 9.14. The molecule has 0 radical (unpaired) electrons. The van der Waals surface area contributed by atoms with Crippen molar-refractivity contribution in [3.05, 3.63) is 78.9 Å². The van der Waals surface area contributed by atoms with Gasteiger partial charge in [-0.05, 0) is 47.6 Å².